The number of thioether (sulfide) groups is 1. The van der Waals surface area contributed by atoms with Crippen molar-refractivity contribution >= 4 is 33.6 Å². The first-order valence-corrected chi connectivity index (χ1v) is 9.76. The first-order chi connectivity index (χ1) is 10.6. The summed E-state index contributed by atoms with van der Waals surface area (Å²) in [5.41, 5.74) is 1.10. The van der Waals surface area contributed by atoms with Gasteiger partial charge in [0.15, 0.2) is 6.61 Å². The monoisotopic (exact) mass is 385 g/mol. The molecule has 5 heteroatoms. The van der Waals surface area contributed by atoms with Crippen LogP contribution in [-0.2, 0) is 4.79 Å². The van der Waals surface area contributed by atoms with Crippen LogP contribution in [-0.4, -0.2) is 30.1 Å². The highest BCUT2D eigenvalue weighted by atomic mass is 79.9. The van der Waals surface area contributed by atoms with Gasteiger partial charge in [0.1, 0.15) is 5.75 Å². The van der Waals surface area contributed by atoms with Gasteiger partial charge < -0.3 is 10.1 Å². The molecule has 0 spiro atoms. The average Bonchev–Trinajstić information content (AvgIpc) is 2.54. The van der Waals surface area contributed by atoms with E-state index in [4.69, 9.17) is 4.74 Å². The number of rotatable bonds is 7. The van der Waals surface area contributed by atoms with Gasteiger partial charge >= 0.3 is 0 Å². The first kappa shape index (κ1) is 17.7. The molecule has 1 aliphatic rings. The minimum absolute atomic E-state index is 0.0511. The number of nitrogens with one attached hydrogen (secondary N) is 1. The second-order valence-electron chi connectivity index (χ2n) is 5.68. The predicted molar refractivity (Wildman–Crippen MR) is 96.7 cm³/mol. The largest absolute Gasteiger partial charge is 0.484 e. The van der Waals surface area contributed by atoms with E-state index in [1.54, 1.807) is 0 Å². The van der Waals surface area contributed by atoms with Crippen molar-refractivity contribution in [1.29, 1.82) is 0 Å². The Balaban J connectivity index is 1.58. The maximum atomic E-state index is 11.8. The lowest BCUT2D eigenvalue weighted by molar-refractivity contribution is -0.122. The van der Waals surface area contributed by atoms with Crippen LogP contribution in [0.25, 0.3) is 0 Å². The van der Waals surface area contributed by atoms with Crippen LogP contribution in [0.5, 0.6) is 5.75 Å². The number of benzene rings is 1. The predicted octanol–water partition coefficient (Wildman–Crippen LogP) is 4.32. The van der Waals surface area contributed by atoms with Crippen LogP contribution in [0.4, 0.5) is 0 Å². The van der Waals surface area contributed by atoms with Gasteiger partial charge in [-0.15, -0.1) is 0 Å². The zero-order valence-corrected chi connectivity index (χ0v) is 15.5. The number of ether oxygens (including phenoxy) is 1. The quantitative estimate of drug-likeness (QED) is 0.710. The lowest BCUT2D eigenvalue weighted by Crippen LogP contribution is -2.31. The van der Waals surface area contributed by atoms with Crippen molar-refractivity contribution in [2.45, 2.75) is 44.3 Å². The third-order valence-electron chi connectivity index (χ3n) is 3.83. The number of carbonyl (C=O) groups excluding carboxylic acids is 1. The number of amides is 1. The highest BCUT2D eigenvalue weighted by Gasteiger charge is 2.13. The summed E-state index contributed by atoms with van der Waals surface area (Å²) in [5.74, 6) is 1.67. The van der Waals surface area contributed by atoms with Crippen LogP contribution < -0.4 is 10.1 Å². The number of aryl methyl sites for hydroxylation is 1. The summed E-state index contributed by atoms with van der Waals surface area (Å²) in [7, 11) is 0. The van der Waals surface area contributed by atoms with Gasteiger partial charge in [0, 0.05) is 22.0 Å². The van der Waals surface area contributed by atoms with Crippen LogP contribution in [0, 0.1) is 6.92 Å². The van der Waals surface area contributed by atoms with Crippen molar-refractivity contribution in [3.05, 3.63) is 28.2 Å². The minimum atomic E-state index is -0.0511. The molecule has 1 aromatic rings. The average molecular weight is 386 g/mol. The van der Waals surface area contributed by atoms with Crippen molar-refractivity contribution < 1.29 is 9.53 Å². The van der Waals surface area contributed by atoms with Gasteiger partial charge in [0.05, 0.1) is 0 Å². The van der Waals surface area contributed by atoms with E-state index in [1.165, 1.54) is 32.1 Å². The topological polar surface area (TPSA) is 38.3 Å². The Morgan fingerprint density at radius 2 is 2.14 bits per heavy atom. The highest BCUT2D eigenvalue weighted by Crippen LogP contribution is 2.27. The van der Waals surface area contributed by atoms with Crippen molar-refractivity contribution in [1.82, 2.24) is 5.32 Å². The lowest BCUT2D eigenvalue weighted by atomic mass is 10.0. The zero-order chi connectivity index (χ0) is 15.8. The second-order valence-corrected chi connectivity index (χ2v) is 7.94. The molecule has 0 bridgehead atoms. The molecule has 0 atom stereocenters. The van der Waals surface area contributed by atoms with Crippen molar-refractivity contribution in [3.63, 3.8) is 0 Å². The summed E-state index contributed by atoms with van der Waals surface area (Å²) in [5, 5.41) is 3.72. The molecule has 1 fully saturated rings. The maximum absolute atomic E-state index is 11.8. The van der Waals surface area contributed by atoms with Crippen LogP contribution in [0.1, 0.15) is 37.7 Å². The Morgan fingerprint density at radius 3 is 2.86 bits per heavy atom. The molecule has 0 saturated heterocycles. The molecular formula is C17H24BrNO2S. The molecule has 0 aliphatic heterocycles. The van der Waals surface area contributed by atoms with E-state index in [9.17, 15) is 4.79 Å². The van der Waals surface area contributed by atoms with Crippen molar-refractivity contribution in [3.8, 4) is 5.75 Å². The van der Waals surface area contributed by atoms with Crippen LogP contribution >= 0.6 is 27.7 Å². The molecule has 2 rings (SSSR count). The maximum Gasteiger partial charge on any atom is 0.257 e. The molecule has 22 heavy (non-hydrogen) atoms. The zero-order valence-electron chi connectivity index (χ0n) is 13.1. The minimum Gasteiger partial charge on any atom is -0.484 e. The van der Waals surface area contributed by atoms with Gasteiger partial charge in [-0.3, -0.25) is 4.79 Å². The Hall–Kier alpha value is -0.680. The Labute approximate surface area is 145 Å². The van der Waals surface area contributed by atoms with E-state index in [2.05, 4.69) is 21.2 Å². The van der Waals surface area contributed by atoms with Crippen molar-refractivity contribution in [2.24, 2.45) is 0 Å². The van der Waals surface area contributed by atoms with Crippen LogP contribution in [0.15, 0.2) is 22.7 Å². The first-order valence-electron chi connectivity index (χ1n) is 7.92. The standard InChI is InChI=1S/C17H24BrNO2S/c1-13-11-14(7-8-16(13)18)21-12-17(20)19-9-10-22-15-5-3-2-4-6-15/h7-8,11,15H,2-6,9-10,12H2,1H3,(H,19,20). The second kappa shape index (κ2) is 9.46. The molecule has 0 unspecified atom stereocenters. The van der Waals surface area contributed by atoms with E-state index < -0.39 is 0 Å². The Morgan fingerprint density at radius 1 is 1.36 bits per heavy atom. The van der Waals surface area contributed by atoms with Crippen molar-refractivity contribution in [2.75, 3.05) is 18.9 Å². The van der Waals surface area contributed by atoms with E-state index in [0.29, 0.717) is 0 Å². The Kier molecular flexibility index (Phi) is 7.60. The molecule has 122 valence electrons. The fourth-order valence-electron chi connectivity index (χ4n) is 2.55. The molecule has 1 aromatic carbocycles. The van der Waals surface area contributed by atoms with E-state index >= 15 is 0 Å². The summed E-state index contributed by atoms with van der Waals surface area (Å²) in [6, 6.07) is 5.73. The molecule has 1 N–H and O–H groups in total. The van der Waals surface area contributed by atoms with Crippen LogP contribution in [0.3, 0.4) is 0 Å². The normalized spacial score (nSPS) is 15.5. The van der Waals surface area contributed by atoms with E-state index in [-0.39, 0.29) is 12.5 Å². The van der Waals surface area contributed by atoms with Gasteiger partial charge in [-0.1, -0.05) is 35.2 Å². The van der Waals surface area contributed by atoms with Gasteiger partial charge in [-0.25, -0.2) is 0 Å². The summed E-state index contributed by atoms with van der Waals surface area (Å²) >= 11 is 5.44. The van der Waals surface area contributed by atoms with E-state index in [0.717, 1.165) is 33.3 Å². The number of halogens is 1. The Bertz CT molecular complexity index is 490. The molecule has 1 aliphatic carbocycles. The van der Waals surface area contributed by atoms with Gasteiger partial charge in [0.2, 0.25) is 0 Å². The third kappa shape index (κ3) is 6.21. The summed E-state index contributed by atoms with van der Waals surface area (Å²) < 4.78 is 6.56. The van der Waals surface area contributed by atoms with E-state index in [1.807, 2.05) is 36.9 Å². The van der Waals surface area contributed by atoms with Gasteiger partial charge in [-0.05, 0) is 43.5 Å². The number of hydrogen-bond acceptors (Lipinski definition) is 3. The molecular weight excluding hydrogens is 362 g/mol. The molecule has 0 aromatic heterocycles. The number of hydrogen-bond donors (Lipinski definition) is 1. The fraction of sp³-hybridized carbons (Fsp3) is 0.588. The highest BCUT2D eigenvalue weighted by molar-refractivity contribution is 9.10. The lowest BCUT2D eigenvalue weighted by Gasteiger charge is -2.20. The summed E-state index contributed by atoms with van der Waals surface area (Å²) in [6.07, 6.45) is 6.80. The fourth-order valence-corrected chi connectivity index (χ4v) is 4.02. The smallest absolute Gasteiger partial charge is 0.257 e. The third-order valence-corrected chi connectivity index (χ3v) is 6.10. The van der Waals surface area contributed by atoms with Gasteiger partial charge in [-0.2, -0.15) is 11.8 Å². The molecule has 1 amide bonds. The SMILES string of the molecule is Cc1cc(OCC(=O)NCCSC2CCCCC2)ccc1Br. The summed E-state index contributed by atoms with van der Waals surface area (Å²) in [6.45, 7) is 2.80. The number of carbonyl (C=O) groups is 1. The molecule has 0 heterocycles. The molecule has 3 nitrogen and oxygen atoms in total. The van der Waals surface area contributed by atoms with Gasteiger partial charge in [0.25, 0.3) is 5.91 Å². The summed E-state index contributed by atoms with van der Waals surface area (Å²) in [4.78, 5) is 11.8. The molecule has 1 saturated carbocycles. The molecule has 0 radical (unpaired) electrons. The van der Waals surface area contributed by atoms with Crippen LogP contribution in [0.2, 0.25) is 0 Å².